The fraction of sp³-hybridized carbons (Fsp3) is 0.538. The molecule has 0 saturated carbocycles. The van der Waals surface area contributed by atoms with Crippen LogP contribution in [0.4, 0.5) is 0 Å². The van der Waals surface area contributed by atoms with E-state index in [1.165, 1.54) is 0 Å². The van der Waals surface area contributed by atoms with Gasteiger partial charge in [-0.15, -0.1) is 11.3 Å². The van der Waals surface area contributed by atoms with Gasteiger partial charge in [0.15, 0.2) is 0 Å². The zero-order valence-corrected chi connectivity index (χ0v) is 11.9. The van der Waals surface area contributed by atoms with Crippen LogP contribution in [0.25, 0.3) is 0 Å². The summed E-state index contributed by atoms with van der Waals surface area (Å²) in [4.78, 5) is 9.63. The van der Waals surface area contributed by atoms with Crippen molar-refractivity contribution in [3.05, 3.63) is 33.8 Å². The van der Waals surface area contributed by atoms with Crippen LogP contribution in [-0.2, 0) is 13.0 Å². The quantitative estimate of drug-likeness (QED) is 0.904. The summed E-state index contributed by atoms with van der Waals surface area (Å²) in [5.74, 6) is 0.940. The number of aliphatic hydroxyl groups excluding tert-OH is 1. The number of hydrogen-bond donors (Lipinski definition) is 1. The van der Waals surface area contributed by atoms with Crippen LogP contribution in [0.2, 0.25) is 0 Å². The van der Waals surface area contributed by atoms with Crippen LogP contribution >= 0.6 is 11.3 Å². The summed E-state index contributed by atoms with van der Waals surface area (Å²) in [7, 11) is 0. The molecule has 1 unspecified atom stereocenters. The molecule has 2 rings (SSSR count). The molecule has 0 saturated heterocycles. The maximum atomic E-state index is 10.3. The van der Waals surface area contributed by atoms with Gasteiger partial charge in [0.05, 0.1) is 21.7 Å². The van der Waals surface area contributed by atoms with E-state index >= 15 is 0 Å². The van der Waals surface area contributed by atoms with Crippen molar-refractivity contribution >= 4 is 11.3 Å². The number of rotatable bonds is 5. The van der Waals surface area contributed by atoms with Gasteiger partial charge in [-0.3, -0.25) is 0 Å². The van der Waals surface area contributed by atoms with Crippen molar-refractivity contribution < 1.29 is 5.11 Å². The molecule has 0 aliphatic rings. The third-order valence-electron chi connectivity index (χ3n) is 2.88. The molecule has 2 heterocycles. The second-order valence-electron chi connectivity index (χ2n) is 4.44. The first-order valence-electron chi connectivity index (χ1n) is 6.23. The second kappa shape index (κ2) is 5.63. The first kappa shape index (κ1) is 13.2. The Bertz CT molecular complexity index is 518. The molecule has 0 aliphatic carbocycles. The molecule has 0 aromatic carbocycles. The van der Waals surface area contributed by atoms with Crippen LogP contribution in [0.3, 0.4) is 0 Å². The van der Waals surface area contributed by atoms with Gasteiger partial charge in [0.2, 0.25) is 0 Å². The van der Waals surface area contributed by atoms with Gasteiger partial charge in [0.25, 0.3) is 0 Å². The highest BCUT2D eigenvalue weighted by atomic mass is 32.1. The van der Waals surface area contributed by atoms with Crippen molar-refractivity contribution in [2.24, 2.45) is 0 Å². The summed E-state index contributed by atoms with van der Waals surface area (Å²) in [6, 6.07) is 0. The highest BCUT2D eigenvalue weighted by Gasteiger charge is 2.17. The number of hydrogen-bond acceptors (Lipinski definition) is 4. The summed E-state index contributed by atoms with van der Waals surface area (Å²) in [5, 5.41) is 11.3. The summed E-state index contributed by atoms with van der Waals surface area (Å²) >= 11 is 1.57. The Labute approximate surface area is 111 Å². The average molecular weight is 265 g/mol. The number of thiazole rings is 1. The summed E-state index contributed by atoms with van der Waals surface area (Å²) in [6.45, 7) is 6.99. The lowest BCUT2D eigenvalue weighted by molar-refractivity contribution is 0.177. The normalized spacial score (nSPS) is 12.9. The number of aryl methyl sites for hydroxylation is 3. The molecule has 5 heteroatoms. The number of aromatic nitrogens is 3. The van der Waals surface area contributed by atoms with Crippen molar-refractivity contribution in [1.29, 1.82) is 0 Å². The minimum atomic E-state index is -0.505. The maximum absolute atomic E-state index is 10.3. The molecule has 4 nitrogen and oxygen atoms in total. The fourth-order valence-corrected chi connectivity index (χ4v) is 3.01. The van der Waals surface area contributed by atoms with E-state index < -0.39 is 6.10 Å². The largest absolute Gasteiger partial charge is 0.387 e. The van der Waals surface area contributed by atoms with Gasteiger partial charge in [-0.25, -0.2) is 9.97 Å². The molecule has 18 heavy (non-hydrogen) atoms. The van der Waals surface area contributed by atoms with Crippen LogP contribution in [0, 0.1) is 13.8 Å². The SMILES string of the molecule is CCCn1ccnc1CC(O)c1sc(C)nc1C. The highest BCUT2D eigenvalue weighted by Crippen LogP contribution is 2.26. The third kappa shape index (κ3) is 2.79. The van der Waals surface area contributed by atoms with Gasteiger partial charge < -0.3 is 9.67 Å². The maximum Gasteiger partial charge on any atom is 0.111 e. The zero-order chi connectivity index (χ0) is 13.1. The molecular weight excluding hydrogens is 246 g/mol. The van der Waals surface area contributed by atoms with Gasteiger partial charge in [0.1, 0.15) is 5.82 Å². The van der Waals surface area contributed by atoms with E-state index in [1.54, 1.807) is 17.5 Å². The predicted molar refractivity (Wildman–Crippen MR) is 72.8 cm³/mol. The van der Waals surface area contributed by atoms with Crippen LogP contribution in [0.1, 0.15) is 40.9 Å². The molecule has 1 atom stereocenters. The lowest BCUT2D eigenvalue weighted by Gasteiger charge is -2.11. The summed E-state index contributed by atoms with van der Waals surface area (Å²) in [6.07, 6.45) is 4.88. The highest BCUT2D eigenvalue weighted by molar-refractivity contribution is 7.11. The third-order valence-corrected chi connectivity index (χ3v) is 4.06. The first-order valence-corrected chi connectivity index (χ1v) is 7.05. The van der Waals surface area contributed by atoms with Crippen LogP contribution in [0.5, 0.6) is 0 Å². The van der Waals surface area contributed by atoms with Gasteiger partial charge in [-0.2, -0.15) is 0 Å². The molecule has 0 spiro atoms. The van der Waals surface area contributed by atoms with E-state index in [-0.39, 0.29) is 0 Å². The molecule has 0 amide bonds. The molecule has 2 aromatic heterocycles. The Morgan fingerprint density at radius 2 is 2.22 bits per heavy atom. The van der Waals surface area contributed by atoms with Crippen LogP contribution < -0.4 is 0 Å². The Morgan fingerprint density at radius 3 is 2.83 bits per heavy atom. The molecule has 0 aliphatic heterocycles. The average Bonchev–Trinajstić information content (AvgIpc) is 2.87. The first-order chi connectivity index (χ1) is 8.61. The molecular formula is C13H19N3OS. The molecule has 1 N–H and O–H groups in total. The fourth-order valence-electron chi connectivity index (χ4n) is 2.10. The van der Waals surface area contributed by atoms with Crippen molar-refractivity contribution in [1.82, 2.24) is 14.5 Å². The smallest absolute Gasteiger partial charge is 0.111 e. The Balaban J connectivity index is 2.13. The zero-order valence-electron chi connectivity index (χ0n) is 11.1. The Kier molecular flexibility index (Phi) is 4.14. The van der Waals surface area contributed by atoms with E-state index in [0.717, 1.165) is 34.4 Å². The Morgan fingerprint density at radius 1 is 1.44 bits per heavy atom. The van der Waals surface area contributed by atoms with Gasteiger partial charge in [-0.05, 0) is 20.3 Å². The summed E-state index contributed by atoms with van der Waals surface area (Å²) in [5.41, 5.74) is 0.929. The van der Waals surface area contributed by atoms with Crippen LogP contribution in [-0.4, -0.2) is 19.6 Å². The van der Waals surface area contributed by atoms with E-state index in [2.05, 4.69) is 21.5 Å². The minimum absolute atomic E-state index is 0.505. The van der Waals surface area contributed by atoms with E-state index in [0.29, 0.717) is 6.42 Å². The van der Waals surface area contributed by atoms with Crippen molar-refractivity contribution in [2.45, 2.75) is 46.3 Å². The van der Waals surface area contributed by atoms with Gasteiger partial charge in [0, 0.05) is 25.4 Å². The number of aliphatic hydroxyl groups is 1. The lowest BCUT2D eigenvalue weighted by atomic mass is 10.2. The van der Waals surface area contributed by atoms with Crippen molar-refractivity contribution in [2.75, 3.05) is 0 Å². The van der Waals surface area contributed by atoms with Gasteiger partial charge >= 0.3 is 0 Å². The van der Waals surface area contributed by atoms with Crippen molar-refractivity contribution in [3.8, 4) is 0 Å². The van der Waals surface area contributed by atoms with Crippen LogP contribution in [0.15, 0.2) is 12.4 Å². The van der Waals surface area contributed by atoms with Crippen molar-refractivity contribution in [3.63, 3.8) is 0 Å². The predicted octanol–water partition coefficient (Wildman–Crippen LogP) is 2.64. The number of imidazole rings is 1. The standard InChI is InChI=1S/C13H19N3OS/c1-4-6-16-7-5-14-12(16)8-11(17)13-9(2)15-10(3)18-13/h5,7,11,17H,4,6,8H2,1-3H3. The lowest BCUT2D eigenvalue weighted by Crippen LogP contribution is -2.08. The molecule has 0 radical (unpaired) electrons. The second-order valence-corrected chi connectivity index (χ2v) is 5.67. The molecule has 98 valence electrons. The molecule has 2 aromatic rings. The number of nitrogens with zero attached hydrogens (tertiary/aromatic N) is 3. The molecule has 0 fully saturated rings. The van der Waals surface area contributed by atoms with Gasteiger partial charge in [-0.1, -0.05) is 6.92 Å². The minimum Gasteiger partial charge on any atom is -0.387 e. The van der Waals surface area contributed by atoms with E-state index in [9.17, 15) is 5.11 Å². The molecule has 0 bridgehead atoms. The topological polar surface area (TPSA) is 50.9 Å². The monoisotopic (exact) mass is 265 g/mol. The van der Waals surface area contributed by atoms with E-state index in [4.69, 9.17) is 0 Å². The Hall–Kier alpha value is -1.20. The van der Waals surface area contributed by atoms with E-state index in [1.807, 2.05) is 20.0 Å². The summed E-state index contributed by atoms with van der Waals surface area (Å²) < 4.78 is 2.10.